The van der Waals surface area contributed by atoms with Gasteiger partial charge in [0.25, 0.3) is 5.91 Å². The first kappa shape index (κ1) is 18.9. The van der Waals surface area contributed by atoms with Crippen molar-refractivity contribution in [2.75, 3.05) is 13.1 Å². The second kappa shape index (κ2) is 9.10. The molecule has 0 aliphatic heterocycles. The fourth-order valence-corrected chi connectivity index (χ4v) is 2.99. The molecule has 22 heavy (non-hydrogen) atoms. The summed E-state index contributed by atoms with van der Waals surface area (Å²) in [6.45, 7) is 3.64. The average Bonchev–Trinajstić information content (AvgIpc) is 2.93. The number of halogens is 2. The lowest BCUT2D eigenvalue weighted by molar-refractivity contribution is 0.0747. The molecule has 120 valence electrons. The number of rotatable bonds is 6. The molecule has 2 rings (SSSR count). The van der Waals surface area contributed by atoms with Gasteiger partial charge in [0.05, 0.1) is 5.01 Å². The lowest BCUT2D eigenvalue weighted by atomic mass is 10.2. The van der Waals surface area contributed by atoms with Crippen LogP contribution in [0, 0.1) is 0 Å². The van der Waals surface area contributed by atoms with Gasteiger partial charge in [-0.05, 0) is 31.2 Å². The van der Waals surface area contributed by atoms with E-state index in [1.807, 2.05) is 31.2 Å². The average molecular weight is 360 g/mol. The molecule has 4 nitrogen and oxygen atoms in total. The molecular formula is C15H19Cl2N3OS. The van der Waals surface area contributed by atoms with Crippen molar-refractivity contribution < 1.29 is 4.79 Å². The van der Waals surface area contributed by atoms with E-state index >= 15 is 0 Å². The van der Waals surface area contributed by atoms with Gasteiger partial charge < -0.3 is 10.6 Å². The molecule has 0 bridgehead atoms. The minimum absolute atomic E-state index is 0. The van der Waals surface area contributed by atoms with Gasteiger partial charge >= 0.3 is 0 Å². The van der Waals surface area contributed by atoms with Crippen LogP contribution in [-0.2, 0) is 13.0 Å². The van der Waals surface area contributed by atoms with E-state index in [4.69, 9.17) is 17.3 Å². The van der Waals surface area contributed by atoms with Gasteiger partial charge in [0.15, 0.2) is 0 Å². The Balaban J connectivity index is 0.00000242. The molecule has 1 heterocycles. The number of hydrogen-bond acceptors (Lipinski definition) is 4. The first-order valence-corrected chi connectivity index (χ1v) is 8.08. The number of aromatic nitrogens is 1. The number of benzene rings is 1. The highest BCUT2D eigenvalue weighted by molar-refractivity contribution is 7.09. The molecule has 0 aliphatic carbocycles. The van der Waals surface area contributed by atoms with Gasteiger partial charge in [0.2, 0.25) is 0 Å². The van der Waals surface area contributed by atoms with Gasteiger partial charge in [-0.3, -0.25) is 4.79 Å². The smallest absolute Gasteiger partial charge is 0.273 e. The van der Waals surface area contributed by atoms with E-state index in [0.29, 0.717) is 36.8 Å². The molecule has 2 aromatic rings. The fraction of sp³-hybridized carbons (Fsp3) is 0.333. The Kier molecular flexibility index (Phi) is 7.82. The summed E-state index contributed by atoms with van der Waals surface area (Å²) >= 11 is 7.46. The van der Waals surface area contributed by atoms with Gasteiger partial charge in [-0.15, -0.1) is 23.7 Å². The van der Waals surface area contributed by atoms with Crippen LogP contribution in [0.25, 0.3) is 0 Å². The maximum atomic E-state index is 12.5. The van der Waals surface area contributed by atoms with Crippen molar-refractivity contribution in [3.05, 3.63) is 50.9 Å². The van der Waals surface area contributed by atoms with Crippen LogP contribution in [0.2, 0.25) is 5.02 Å². The van der Waals surface area contributed by atoms with Crippen LogP contribution >= 0.6 is 35.3 Å². The van der Waals surface area contributed by atoms with E-state index in [2.05, 4.69) is 4.98 Å². The summed E-state index contributed by atoms with van der Waals surface area (Å²) in [5.41, 5.74) is 7.01. The number of hydrogen-bond donors (Lipinski definition) is 1. The zero-order valence-electron chi connectivity index (χ0n) is 12.3. The minimum atomic E-state index is -0.0583. The van der Waals surface area contributed by atoms with E-state index in [0.717, 1.165) is 10.6 Å². The quantitative estimate of drug-likeness (QED) is 0.859. The normalized spacial score (nSPS) is 10.1. The van der Waals surface area contributed by atoms with Crippen molar-refractivity contribution >= 4 is 41.3 Å². The summed E-state index contributed by atoms with van der Waals surface area (Å²) in [7, 11) is 0. The summed E-state index contributed by atoms with van der Waals surface area (Å²) in [6, 6.07) is 7.54. The summed E-state index contributed by atoms with van der Waals surface area (Å²) in [6.07, 6.45) is 0.707. The Morgan fingerprint density at radius 1 is 1.45 bits per heavy atom. The summed E-state index contributed by atoms with van der Waals surface area (Å²) in [5.74, 6) is -0.0583. The molecule has 2 N–H and O–H groups in total. The Hall–Kier alpha value is -1.14. The highest BCUT2D eigenvalue weighted by Crippen LogP contribution is 2.16. The molecule has 0 atom stereocenters. The molecule has 0 spiro atoms. The number of carbonyl (C=O) groups excluding carboxylic acids is 1. The van der Waals surface area contributed by atoms with Crippen molar-refractivity contribution in [3.8, 4) is 0 Å². The second-order valence-electron chi connectivity index (χ2n) is 4.61. The largest absolute Gasteiger partial charge is 0.333 e. The van der Waals surface area contributed by atoms with Crippen LogP contribution in [0.4, 0.5) is 0 Å². The van der Waals surface area contributed by atoms with Gasteiger partial charge in [-0.1, -0.05) is 23.7 Å². The second-order valence-corrected chi connectivity index (χ2v) is 5.99. The maximum absolute atomic E-state index is 12.5. The summed E-state index contributed by atoms with van der Waals surface area (Å²) < 4.78 is 0. The third-order valence-electron chi connectivity index (χ3n) is 3.06. The first-order chi connectivity index (χ1) is 10.1. The summed E-state index contributed by atoms with van der Waals surface area (Å²) in [4.78, 5) is 18.6. The Labute approximate surface area is 145 Å². The topological polar surface area (TPSA) is 59.2 Å². The van der Waals surface area contributed by atoms with Crippen LogP contribution in [0.15, 0.2) is 29.6 Å². The van der Waals surface area contributed by atoms with E-state index < -0.39 is 0 Å². The van der Waals surface area contributed by atoms with Gasteiger partial charge in [0, 0.05) is 29.9 Å². The molecule has 1 amide bonds. The van der Waals surface area contributed by atoms with Crippen molar-refractivity contribution in [1.29, 1.82) is 0 Å². The lowest BCUT2D eigenvalue weighted by Crippen LogP contribution is -2.30. The number of amides is 1. The first-order valence-electron chi connectivity index (χ1n) is 6.82. The van der Waals surface area contributed by atoms with Crippen LogP contribution < -0.4 is 5.73 Å². The predicted octanol–water partition coefficient (Wildman–Crippen LogP) is 3.38. The van der Waals surface area contributed by atoms with Crippen LogP contribution in [-0.4, -0.2) is 28.9 Å². The van der Waals surface area contributed by atoms with Crippen molar-refractivity contribution in [1.82, 2.24) is 9.88 Å². The molecule has 0 aliphatic rings. The molecule has 1 aromatic carbocycles. The Morgan fingerprint density at radius 2 is 2.23 bits per heavy atom. The molecule has 0 radical (unpaired) electrons. The molecule has 0 saturated heterocycles. The molecule has 0 saturated carbocycles. The van der Waals surface area contributed by atoms with Gasteiger partial charge in [-0.2, -0.15) is 0 Å². The standard InChI is InChI=1S/C15H18ClN3OS.ClH/c1-2-19(9-11-4-3-5-12(16)8-11)15(20)13-10-21-14(18-13)6-7-17;/h3-5,8,10H,2,6-7,9,17H2,1H3;1H. The Morgan fingerprint density at radius 3 is 2.86 bits per heavy atom. The predicted molar refractivity (Wildman–Crippen MR) is 94.0 cm³/mol. The molecule has 0 fully saturated rings. The molecule has 0 unspecified atom stereocenters. The highest BCUT2D eigenvalue weighted by atomic mass is 35.5. The number of carbonyl (C=O) groups is 1. The van der Waals surface area contributed by atoms with Gasteiger partial charge in [-0.25, -0.2) is 4.98 Å². The van der Waals surface area contributed by atoms with Crippen LogP contribution in [0.1, 0.15) is 28.0 Å². The highest BCUT2D eigenvalue weighted by Gasteiger charge is 2.17. The van der Waals surface area contributed by atoms with Gasteiger partial charge in [0.1, 0.15) is 5.69 Å². The number of nitrogens with zero attached hydrogens (tertiary/aromatic N) is 2. The van der Waals surface area contributed by atoms with E-state index in [1.165, 1.54) is 11.3 Å². The third-order valence-corrected chi connectivity index (χ3v) is 4.20. The lowest BCUT2D eigenvalue weighted by Gasteiger charge is -2.20. The molecule has 1 aromatic heterocycles. The Bertz CT molecular complexity index is 618. The SMILES string of the molecule is CCN(Cc1cccc(Cl)c1)C(=O)c1csc(CCN)n1.Cl. The monoisotopic (exact) mass is 359 g/mol. The number of thiazole rings is 1. The maximum Gasteiger partial charge on any atom is 0.273 e. The third kappa shape index (κ3) is 4.95. The van der Waals surface area contributed by atoms with Crippen LogP contribution in [0.5, 0.6) is 0 Å². The summed E-state index contributed by atoms with van der Waals surface area (Å²) in [5, 5.41) is 3.38. The van der Waals surface area contributed by atoms with Crippen molar-refractivity contribution in [2.24, 2.45) is 5.73 Å². The van der Waals surface area contributed by atoms with Crippen molar-refractivity contribution in [2.45, 2.75) is 19.9 Å². The van der Waals surface area contributed by atoms with Crippen molar-refractivity contribution in [3.63, 3.8) is 0 Å². The van der Waals surface area contributed by atoms with E-state index in [9.17, 15) is 4.79 Å². The number of nitrogens with two attached hydrogens (primary N) is 1. The molecule has 7 heteroatoms. The fourth-order valence-electron chi connectivity index (χ4n) is 1.99. The molecular weight excluding hydrogens is 341 g/mol. The zero-order valence-corrected chi connectivity index (χ0v) is 14.7. The van der Waals surface area contributed by atoms with E-state index in [1.54, 1.807) is 10.3 Å². The van der Waals surface area contributed by atoms with Crippen LogP contribution in [0.3, 0.4) is 0 Å². The van der Waals surface area contributed by atoms with E-state index in [-0.39, 0.29) is 18.3 Å². The minimum Gasteiger partial charge on any atom is -0.333 e. The zero-order chi connectivity index (χ0) is 15.2.